The number of imidazole rings is 1. The zero-order valence-corrected chi connectivity index (χ0v) is 9.82. The molecule has 2 N–H and O–H groups in total. The molecule has 2 heterocycles. The van der Waals surface area contributed by atoms with E-state index >= 15 is 0 Å². The Kier molecular flexibility index (Phi) is 2.66. The van der Waals surface area contributed by atoms with Crippen molar-refractivity contribution in [2.75, 3.05) is 0 Å². The van der Waals surface area contributed by atoms with Gasteiger partial charge in [-0.15, -0.1) is 0 Å². The monoisotopic (exact) mass is 233 g/mol. The highest BCUT2D eigenvalue weighted by Crippen LogP contribution is 2.07. The molecule has 82 valence electrons. The van der Waals surface area contributed by atoms with Gasteiger partial charge in [0.25, 0.3) is 0 Å². The van der Waals surface area contributed by atoms with Gasteiger partial charge in [-0.1, -0.05) is 12.2 Å². The average Bonchev–Trinajstić information content (AvgIpc) is 2.63. The molecule has 0 aliphatic carbocycles. The number of rotatable bonds is 2. The molecule has 0 saturated carbocycles. The largest absolute Gasteiger partial charge is 0.387 e. The Morgan fingerprint density at radius 2 is 1.94 bits per heavy atom. The third-order valence-corrected chi connectivity index (χ3v) is 2.23. The van der Waals surface area contributed by atoms with E-state index in [-0.39, 0.29) is 4.99 Å². The first kappa shape index (κ1) is 10.7. The molecular formula is C10H11N5S. The number of nitrogens with two attached hydrogens (primary N) is 1. The first-order valence-corrected chi connectivity index (χ1v) is 5.14. The molecule has 0 atom stereocenters. The van der Waals surface area contributed by atoms with E-state index in [9.17, 15) is 0 Å². The summed E-state index contributed by atoms with van der Waals surface area (Å²) < 4.78 is 1.68. The van der Waals surface area contributed by atoms with Gasteiger partial charge in [0.15, 0.2) is 5.82 Å². The van der Waals surface area contributed by atoms with Crippen LogP contribution in [0, 0.1) is 13.8 Å². The number of aromatic nitrogens is 4. The minimum Gasteiger partial charge on any atom is -0.387 e. The molecule has 0 fully saturated rings. The van der Waals surface area contributed by atoms with E-state index < -0.39 is 0 Å². The van der Waals surface area contributed by atoms with Crippen molar-refractivity contribution in [2.24, 2.45) is 5.73 Å². The van der Waals surface area contributed by atoms with Crippen LogP contribution in [-0.4, -0.2) is 24.5 Å². The Balaban J connectivity index is 2.58. The third kappa shape index (κ3) is 1.92. The van der Waals surface area contributed by atoms with Crippen molar-refractivity contribution in [1.29, 1.82) is 0 Å². The summed E-state index contributed by atoms with van der Waals surface area (Å²) in [5.41, 5.74) is 7.35. The summed E-state index contributed by atoms with van der Waals surface area (Å²) in [7, 11) is 0. The molecule has 2 rings (SSSR count). The van der Waals surface area contributed by atoms with Gasteiger partial charge in [-0.25, -0.2) is 15.0 Å². The molecule has 16 heavy (non-hydrogen) atoms. The molecule has 2 aromatic rings. The van der Waals surface area contributed by atoms with Crippen molar-refractivity contribution in [3.05, 3.63) is 35.7 Å². The Hall–Kier alpha value is -1.82. The summed E-state index contributed by atoms with van der Waals surface area (Å²) in [6.07, 6.45) is 3.36. The summed E-state index contributed by atoms with van der Waals surface area (Å²) >= 11 is 4.91. The number of aryl methyl sites for hydroxylation is 2. The molecule has 0 bridgehead atoms. The topological polar surface area (TPSA) is 69.6 Å². The van der Waals surface area contributed by atoms with E-state index in [4.69, 9.17) is 18.0 Å². The Morgan fingerprint density at radius 3 is 2.50 bits per heavy atom. The Bertz CT molecular complexity index is 526. The van der Waals surface area contributed by atoms with Crippen LogP contribution in [0.25, 0.3) is 5.95 Å². The van der Waals surface area contributed by atoms with Gasteiger partial charge in [-0.2, -0.15) is 0 Å². The zero-order chi connectivity index (χ0) is 11.7. The van der Waals surface area contributed by atoms with Crippen LogP contribution >= 0.6 is 12.2 Å². The van der Waals surface area contributed by atoms with Crippen molar-refractivity contribution in [1.82, 2.24) is 19.5 Å². The van der Waals surface area contributed by atoms with Gasteiger partial charge in [-0.05, 0) is 19.9 Å². The molecule has 2 aromatic heterocycles. The van der Waals surface area contributed by atoms with Crippen LogP contribution in [0.15, 0.2) is 18.5 Å². The molecule has 5 nitrogen and oxygen atoms in total. The van der Waals surface area contributed by atoms with Gasteiger partial charge in [0.05, 0.1) is 0 Å². The maximum atomic E-state index is 5.57. The Labute approximate surface area is 98.4 Å². The zero-order valence-electron chi connectivity index (χ0n) is 9.01. The SMILES string of the molecule is Cc1cc(C)nc(-n2ccnc2C(N)=S)n1. The maximum absolute atomic E-state index is 5.57. The lowest BCUT2D eigenvalue weighted by Gasteiger charge is -2.06. The molecule has 0 spiro atoms. The summed E-state index contributed by atoms with van der Waals surface area (Å²) in [6, 6.07) is 1.90. The second-order valence-electron chi connectivity index (χ2n) is 3.44. The highest BCUT2D eigenvalue weighted by molar-refractivity contribution is 7.80. The van der Waals surface area contributed by atoms with Crippen LogP contribution in [0.1, 0.15) is 17.2 Å². The fourth-order valence-electron chi connectivity index (χ4n) is 1.46. The highest BCUT2D eigenvalue weighted by Gasteiger charge is 2.10. The molecule has 0 radical (unpaired) electrons. The predicted octanol–water partition coefficient (Wildman–Crippen LogP) is 0.913. The minimum absolute atomic E-state index is 0.229. The molecule has 0 aliphatic rings. The number of hydrogen-bond acceptors (Lipinski definition) is 4. The summed E-state index contributed by atoms with van der Waals surface area (Å²) in [5.74, 6) is 1.04. The molecule has 0 amide bonds. The van der Waals surface area contributed by atoms with Crippen LogP contribution in [-0.2, 0) is 0 Å². The summed E-state index contributed by atoms with van der Waals surface area (Å²) in [5, 5.41) is 0. The van der Waals surface area contributed by atoms with Crippen molar-refractivity contribution < 1.29 is 0 Å². The van der Waals surface area contributed by atoms with E-state index in [0.29, 0.717) is 11.8 Å². The number of thiocarbonyl (C=S) groups is 1. The highest BCUT2D eigenvalue weighted by atomic mass is 32.1. The second-order valence-corrected chi connectivity index (χ2v) is 3.88. The quantitative estimate of drug-likeness (QED) is 0.781. The smallest absolute Gasteiger partial charge is 0.235 e. The van der Waals surface area contributed by atoms with E-state index in [1.807, 2.05) is 19.9 Å². The van der Waals surface area contributed by atoms with Crippen LogP contribution in [0.4, 0.5) is 0 Å². The molecule has 6 heteroatoms. The minimum atomic E-state index is 0.229. The van der Waals surface area contributed by atoms with Crippen LogP contribution in [0.2, 0.25) is 0 Å². The van der Waals surface area contributed by atoms with E-state index in [1.54, 1.807) is 17.0 Å². The van der Waals surface area contributed by atoms with E-state index in [0.717, 1.165) is 11.4 Å². The average molecular weight is 233 g/mol. The van der Waals surface area contributed by atoms with E-state index in [1.165, 1.54) is 0 Å². The fraction of sp³-hybridized carbons (Fsp3) is 0.200. The number of nitrogens with zero attached hydrogens (tertiary/aromatic N) is 4. The third-order valence-electron chi connectivity index (χ3n) is 2.05. The van der Waals surface area contributed by atoms with Gasteiger partial charge in [-0.3, -0.25) is 4.57 Å². The standard InChI is InChI=1S/C10H11N5S/c1-6-5-7(2)14-10(13-6)15-4-3-12-9(15)8(11)16/h3-5H,1-2H3,(H2,11,16). The van der Waals surface area contributed by atoms with Crippen LogP contribution in [0.3, 0.4) is 0 Å². The molecule has 0 unspecified atom stereocenters. The molecule has 0 aromatic carbocycles. The van der Waals surface area contributed by atoms with Gasteiger partial charge in [0.1, 0.15) is 4.99 Å². The van der Waals surface area contributed by atoms with Crippen molar-refractivity contribution in [2.45, 2.75) is 13.8 Å². The predicted molar refractivity (Wildman–Crippen MR) is 64.5 cm³/mol. The van der Waals surface area contributed by atoms with Crippen LogP contribution in [0.5, 0.6) is 0 Å². The van der Waals surface area contributed by atoms with Crippen molar-refractivity contribution >= 4 is 17.2 Å². The Morgan fingerprint density at radius 1 is 1.31 bits per heavy atom. The fourth-order valence-corrected chi connectivity index (χ4v) is 1.61. The van der Waals surface area contributed by atoms with E-state index in [2.05, 4.69) is 15.0 Å². The maximum Gasteiger partial charge on any atom is 0.235 e. The second kappa shape index (κ2) is 3.97. The lowest BCUT2D eigenvalue weighted by Crippen LogP contribution is -2.17. The molecule has 0 saturated heterocycles. The lowest BCUT2D eigenvalue weighted by atomic mass is 10.3. The van der Waals surface area contributed by atoms with Gasteiger partial charge in [0.2, 0.25) is 5.95 Å². The normalized spacial score (nSPS) is 10.4. The van der Waals surface area contributed by atoms with Gasteiger partial charge >= 0.3 is 0 Å². The number of hydrogen-bond donors (Lipinski definition) is 1. The van der Waals surface area contributed by atoms with Crippen LogP contribution < -0.4 is 5.73 Å². The summed E-state index contributed by atoms with van der Waals surface area (Å²) in [6.45, 7) is 3.82. The molecular weight excluding hydrogens is 222 g/mol. The molecule has 0 aliphatic heterocycles. The first-order chi connectivity index (χ1) is 7.58. The van der Waals surface area contributed by atoms with Gasteiger partial charge in [0, 0.05) is 23.8 Å². The lowest BCUT2D eigenvalue weighted by molar-refractivity contribution is 0.885. The van der Waals surface area contributed by atoms with Gasteiger partial charge < -0.3 is 5.73 Å². The van der Waals surface area contributed by atoms with Crippen molar-refractivity contribution in [3.63, 3.8) is 0 Å². The van der Waals surface area contributed by atoms with Crippen molar-refractivity contribution in [3.8, 4) is 5.95 Å². The summed E-state index contributed by atoms with van der Waals surface area (Å²) in [4.78, 5) is 12.9. The first-order valence-electron chi connectivity index (χ1n) is 4.74.